The van der Waals surface area contributed by atoms with Crippen LogP contribution in [-0.4, -0.2) is 24.5 Å². The van der Waals surface area contributed by atoms with E-state index in [-0.39, 0.29) is 10.8 Å². The molecule has 0 heterocycles. The fourth-order valence-electron chi connectivity index (χ4n) is 2.05. The summed E-state index contributed by atoms with van der Waals surface area (Å²) < 4.78 is 0. The van der Waals surface area contributed by atoms with Crippen LogP contribution in [0, 0.1) is 10.8 Å². The van der Waals surface area contributed by atoms with Crippen LogP contribution < -0.4 is 16.8 Å². The molecule has 1 atom stereocenters. The summed E-state index contributed by atoms with van der Waals surface area (Å²) in [5.41, 5.74) is 11.1. The first-order valence-electron chi connectivity index (χ1n) is 4.99. The van der Waals surface area contributed by atoms with Gasteiger partial charge in [0.05, 0.1) is 6.04 Å². The fourth-order valence-corrected chi connectivity index (χ4v) is 2.05. The Morgan fingerprint density at radius 3 is 2.07 bits per heavy atom. The van der Waals surface area contributed by atoms with Gasteiger partial charge in [-0.2, -0.15) is 0 Å². The molecule has 82 valence electrons. The third-order valence-electron chi connectivity index (χ3n) is 3.93. The molecule has 1 unspecified atom stereocenters. The zero-order valence-corrected chi connectivity index (χ0v) is 9.42. The molecular formula is C10H21N3O. The van der Waals surface area contributed by atoms with Crippen LogP contribution in [0.15, 0.2) is 0 Å². The molecule has 1 aliphatic carbocycles. The molecule has 1 rings (SSSR count). The van der Waals surface area contributed by atoms with Crippen molar-refractivity contribution in [1.29, 1.82) is 0 Å². The lowest BCUT2D eigenvalue weighted by Crippen LogP contribution is -2.45. The van der Waals surface area contributed by atoms with E-state index < -0.39 is 11.9 Å². The Morgan fingerprint density at radius 2 is 1.79 bits per heavy atom. The van der Waals surface area contributed by atoms with E-state index in [9.17, 15) is 4.79 Å². The van der Waals surface area contributed by atoms with E-state index in [0.717, 1.165) is 0 Å². The predicted molar refractivity (Wildman–Crippen MR) is 56.5 cm³/mol. The number of nitrogens with two attached hydrogens (primary N) is 2. The average Bonchev–Trinajstić information content (AvgIpc) is 2.39. The number of rotatable bonds is 4. The Hall–Kier alpha value is -0.610. The summed E-state index contributed by atoms with van der Waals surface area (Å²) in [6, 6.07) is -0.164. The SMILES string of the molecule is CC1(C)C(NCC(N)C(N)=O)C1(C)C. The molecule has 5 N–H and O–H groups in total. The van der Waals surface area contributed by atoms with E-state index in [4.69, 9.17) is 11.5 Å². The van der Waals surface area contributed by atoms with Crippen LogP contribution in [0.25, 0.3) is 0 Å². The number of amides is 1. The first-order chi connectivity index (χ1) is 6.21. The molecule has 14 heavy (non-hydrogen) atoms. The van der Waals surface area contributed by atoms with Gasteiger partial charge in [-0.1, -0.05) is 27.7 Å². The molecule has 1 aliphatic rings. The third-order valence-corrected chi connectivity index (χ3v) is 3.93. The molecule has 0 aromatic carbocycles. The molecule has 0 radical (unpaired) electrons. The van der Waals surface area contributed by atoms with Crippen LogP contribution in [0.5, 0.6) is 0 Å². The number of nitrogens with one attached hydrogen (secondary N) is 1. The minimum absolute atomic E-state index is 0.268. The minimum atomic E-state index is -0.581. The first kappa shape index (κ1) is 11.5. The molecule has 1 saturated carbocycles. The van der Waals surface area contributed by atoms with Crippen LogP contribution in [0.3, 0.4) is 0 Å². The van der Waals surface area contributed by atoms with Crippen LogP contribution in [-0.2, 0) is 4.79 Å². The van der Waals surface area contributed by atoms with Crippen molar-refractivity contribution < 1.29 is 4.79 Å². The zero-order chi connectivity index (χ0) is 11.1. The maximum absolute atomic E-state index is 10.7. The first-order valence-corrected chi connectivity index (χ1v) is 4.99. The normalized spacial score (nSPS) is 25.8. The molecule has 0 aromatic rings. The van der Waals surface area contributed by atoms with E-state index in [0.29, 0.717) is 12.6 Å². The predicted octanol–water partition coefficient (Wildman–Crippen LogP) is -0.177. The summed E-state index contributed by atoms with van der Waals surface area (Å²) in [6.45, 7) is 9.30. The van der Waals surface area contributed by atoms with Crippen molar-refractivity contribution in [3.8, 4) is 0 Å². The van der Waals surface area contributed by atoms with Crippen LogP contribution in [0.4, 0.5) is 0 Å². The maximum Gasteiger partial charge on any atom is 0.235 e. The lowest BCUT2D eigenvalue weighted by atomic mass is 10.0. The van der Waals surface area contributed by atoms with E-state index in [2.05, 4.69) is 33.0 Å². The van der Waals surface area contributed by atoms with Crippen molar-refractivity contribution in [2.45, 2.75) is 39.8 Å². The Balaban J connectivity index is 2.39. The molecule has 0 aliphatic heterocycles. The highest BCUT2D eigenvalue weighted by Crippen LogP contribution is 2.62. The van der Waals surface area contributed by atoms with Crippen LogP contribution in [0.2, 0.25) is 0 Å². The van der Waals surface area contributed by atoms with Crippen molar-refractivity contribution in [2.75, 3.05) is 6.54 Å². The standard InChI is InChI=1S/C10H21N3O/c1-9(2)8(10(9,3)4)13-5-6(11)7(12)14/h6,8,13H,5,11H2,1-4H3,(H2,12,14). The van der Waals surface area contributed by atoms with Gasteiger partial charge in [0, 0.05) is 12.6 Å². The molecule has 4 heteroatoms. The molecule has 0 spiro atoms. The van der Waals surface area contributed by atoms with Gasteiger partial charge in [-0.05, 0) is 10.8 Å². The number of carbonyl (C=O) groups excluding carboxylic acids is 1. The van der Waals surface area contributed by atoms with Gasteiger partial charge >= 0.3 is 0 Å². The number of carbonyl (C=O) groups is 1. The second-order valence-electron chi connectivity index (χ2n) is 5.29. The lowest BCUT2D eigenvalue weighted by Gasteiger charge is -2.10. The quantitative estimate of drug-likeness (QED) is 0.587. The summed E-state index contributed by atoms with van der Waals surface area (Å²) in [5.74, 6) is -0.450. The van der Waals surface area contributed by atoms with Crippen molar-refractivity contribution in [1.82, 2.24) is 5.32 Å². The van der Waals surface area contributed by atoms with Gasteiger partial charge in [0.1, 0.15) is 0 Å². The fraction of sp³-hybridized carbons (Fsp3) is 0.900. The topological polar surface area (TPSA) is 81.1 Å². The Bertz CT molecular complexity index is 234. The minimum Gasteiger partial charge on any atom is -0.368 e. The largest absolute Gasteiger partial charge is 0.368 e. The van der Waals surface area contributed by atoms with Gasteiger partial charge in [0.2, 0.25) is 5.91 Å². The van der Waals surface area contributed by atoms with E-state index in [1.54, 1.807) is 0 Å². The van der Waals surface area contributed by atoms with Gasteiger partial charge in [-0.25, -0.2) is 0 Å². The number of hydrogen-bond donors (Lipinski definition) is 3. The van der Waals surface area contributed by atoms with Gasteiger partial charge in [0.25, 0.3) is 0 Å². The Morgan fingerprint density at radius 1 is 1.36 bits per heavy atom. The molecule has 1 fully saturated rings. The number of hydrogen-bond acceptors (Lipinski definition) is 3. The molecule has 0 saturated heterocycles. The Labute approximate surface area is 85.4 Å². The molecule has 4 nitrogen and oxygen atoms in total. The highest BCUT2D eigenvalue weighted by atomic mass is 16.1. The van der Waals surface area contributed by atoms with Gasteiger partial charge < -0.3 is 16.8 Å². The van der Waals surface area contributed by atoms with Gasteiger partial charge in [-0.15, -0.1) is 0 Å². The number of primary amides is 1. The van der Waals surface area contributed by atoms with Crippen LogP contribution in [0.1, 0.15) is 27.7 Å². The second-order valence-corrected chi connectivity index (χ2v) is 5.29. The van der Waals surface area contributed by atoms with E-state index >= 15 is 0 Å². The molecular weight excluding hydrogens is 178 g/mol. The van der Waals surface area contributed by atoms with Crippen molar-refractivity contribution in [3.05, 3.63) is 0 Å². The summed E-state index contributed by atoms with van der Waals surface area (Å²) in [7, 11) is 0. The maximum atomic E-state index is 10.7. The monoisotopic (exact) mass is 199 g/mol. The molecule has 0 bridgehead atoms. The zero-order valence-electron chi connectivity index (χ0n) is 9.42. The molecule has 0 aromatic heterocycles. The van der Waals surface area contributed by atoms with Gasteiger partial charge in [-0.3, -0.25) is 4.79 Å². The van der Waals surface area contributed by atoms with Crippen molar-refractivity contribution >= 4 is 5.91 Å². The third kappa shape index (κ3) is 1.64. The van der Waals surface area contributed by atoms with Gasteiger partial charge in [0.15, 0.2) is 0 Å². The summed E-state index contributed by atoms with van der Waals surface area (Å²) in [4.78, 5) is 10.7. The summed E-state index contributed by atoms with van der Waals surface area (Å²) in [6.07, 6.45) is 0. The second kappa shape index (κ2) is 3.21. The highest BCUT2D eigenvalue weighted by molar-refractivity contribution is 5.79. The van der Waals surface area contributed by atoms with E-state index in [1.807, 2.05) is 0 Å². The van der Waals surface area contributed by atoms with Crippen molar-refractivity contribution in [3.63, 3.8) is 0 Å². The highest BCUT2D eigenvalue weighted by Gasteiger charge is 2.64. The average molecular weight is 199 g/mol. The molecule has 1 amide bonds. The summed E-state index contributed by atoms with van der Waals surface area (Å²) in [5, 5.41) is 3.29. The van der Waals surface area contributed by atoms with Crippen molar-refractivity contribution in [2.24, 2.45) is 22.3 Å². The smallest absolute Gasteiger partial charge is 0.235 e. The summed E-state index contributed by atoms with van der Waals surface area (Å²) >= 11 is 0. The lowest BCUT2D eigenvalue weighted by molar-refractivity contribution is -0.119. The Kier molecular flexibility index (Phi) is 2.63. The van der Waals surface area contributed by atoms with E-state index in [1.165, 1.54) is 0 Å². The van der Waals surface area contributed by atoms with Crippen LogP contribution >= 0.6 is 0 Å².